The van der Waals surface area contributed by atoms with E-state index in [1.54, 1.807) is 0 Å². The van der Waals surface area contributed by atoms with Crippen LogP contribution in [0.15, 0.2) is 46.2 Å². The topological polar surface area (TPSA) is 12.0 Å². The predicted molar refractivity (Wildman–Crippen MR) is 79.0 cm³/mol. The van der Waals surface area contributed by atoms with E-state index in [2.05, 4.69) is 12.2 Å². The van der Waals surface area contributed by atoms with Gasteiger partial charge in [-0.3, -0.25) is 0 Å². The highest BCUT2D eigenvalue weighted by Crippen LogP contribution is 2.31. The van der Waals surface area contributed by atoms with E-state index in [1.165, 1.54) is 23.4 Å². The molecule has 106 valence electrons. The number of hydrogen-bond donors (Lipinski definition) is 1. The lowest BCUT2D eigenvalue weighted by atomic mass is 10.1. The van der Waals surface area contributed by atoms with Gasteiger partial charge in [0.15, 0.2) is 0 Å². The summed E-state index contributed by atoms with van der Waals surface area (Å²) < 4.78 is 26.7. The lowest BCUT2D eigenvalue weighted by Crippen LogP contribution is -2.12. The minimum Gasteiger partial charge on any atom is -0.313 e. The van der Waals surface area contributed by atoms with Crippen LogP contribution in [0, 0.1) is 18.6 Å². The van der Waals surface area contributed by atoms with Crippen LogP contribution in [0.25, 0.3) is 0 Å². The SMILES string of the molecule is CCNCc1ccc(Sc2cc(F)ccc2F)cc1C. The van der Waals surface area contributed by atoms with Crippen LogP contribution in [-0.2, 0) is 6.54 Å². The van der Waals surface area contributed by atoms with Crippen molar-refractivity contribution in [2.75, 3.05) is 6.54 Å². The second kappa shape index (κ2) is 6.86. The maximum atomic E-state index is 13.6. The molecule has 0 heterocycles. The third-order valence-corrected chi connectivity index (χ3v) is 4.02. The Labute approximate surface area is 122 Å². The Morgan fingerprint density at radius 2 is 1.90 bits per heavy atom. The van der Waals surface area contributed by atoms with Crippen molar-refractivity contribution in [1.29, 1.82) is 0 Å². The van der Waals surface area contributed by atoms with Gasteiger partial charge in [0, 0.05) is 11.4 Å². The van der Waals surface area contributed by atoms with Gasteiger partial charge >= 0.3 is 0 Å². The minimum absolute atomic E-state index is 0.309. The van der Waals surface area contributed by atoms with E-state index in [4.69, 9.17) is 0 Å². The van der Waals surface area contributed by atoms with Crippen molar-refractivity contribution >= 4 is 11.8 Å². The van der Waals surface area contributed by atoms with E-state index in [1.807, 2.05) is 25.1 Å². The summed E-state index contributed by atoms with van der Waals surface area (Å²) >= 11 is 1.24. The highest BCUT2D eigenvalue weighted by atomic mass is 32.2. The Morgan fingerprint density at radius 1 is 1.10 bits per heavy atom. The normalized spacial score (nSPS) is 10.8. The number of aryl methyl sites for hydroxylation is 1. The van der Waals surface area contributed by atoms with Crippen molar-refractivity contribution in [3.8, 4) is 0 Å². The van der Waals surface area contributed by atoms with Crippen molar-refractivity contribution in [3.05, 3.63) is 59.2 Å². The molecular formula is C16H17F2NS. The van der Waals surface area contributed by atoms with Gasteiger partial charge in [0.05, 0.1) is 4.90 Å². The first-order chi connectivity index (χ1) is 9.60. The molecular weight excluding hydrogens is 276 g/mol. The van der Waals surface area contributed by atoms with Gasteiger partial charge in [-0.25, -0.2) is 8.78 Å². The summed E-state index contributed by atoms with van der Waals surface area (Å²) in [7, 11) is 0. The smallest absolute Gasteiger partial charge is 0.137 e. The molecule has 20 heavy (non-hydrogen) atoms. The summed E-state index contributed by atoms with van der Waals surface area (Å²) in [6.45, 7) is 5.83. The quantitative estimate of drug-likeness (QED) is 0.869. The molecule has 0 spiro atoms. The van der Waals surface area contributed by atoms with E-state index >= 15 is 0 Å². The average Bonchev–Trinajstić information content (AvgIpc) is 2.42. The molecule has 0 atom stereocenters. The fourth-order valence-corrected chi connectivity index (χ4v) is 2.84. The maximum Gasteiger partial charge on any atom is 0.137 e. The third kappa shape index (κ3) is 3.81. The van der Waals surface area contributed by atoms with Gasteiger partial charge in [0.1, 0.15) is 11.6 Å². The number of benzene rings is 2. The van der Waals surface area contributed by atoms with Crippen LogP contribution >= 0.6 is 11.8 Å². The van der Waals surface area contributed by atoms with E-state index in [9.17, 15) is 8.78 Å². The summed E-state index contributed by atoms with van der Waals surface area (Å²) in [6.07, 6.45) is 0. The molecule has 0 amide bonds. The molecule has 0 saturated carbocycles. The van der Waals surface area contributed by atoms with Gasteiger partial charge in [-0.2, -0.15) is 0 Å². The first kappa shape index (κ1) is 15.0. The average molecular weight is 293 g/mol. The van der Waals surface area contributed by atoms with Crippen molar-refractivity contribution in [3.63, 3.8) is 0 Å². The molecule has 0 aliphatic heterocycles. The van der Waals surface area contributed by atoms with Crippen molar-refractivity contribution in [1.82, 2.24) is 5.32 Å². The van der Waals surface area contributed by atoms with Gasteiger partial charge in [0.2, 0.25) is 0 Å². The number of rotatable bonds is 5. The molecule has 0 aliphatic rings. The lowest BCUT2D eigenvalue weighted by Gasteiger charge is -2.09. The Balaban J connectivity index is 2.17. The number of halogens is 2. The van der Waals surface area contributed by atoms with Gasteiger partial charge in [-0.1, -0.05) is 24.8 Å². The third-order valence-electron chi connectivity index (χ3n) is 3.00. The summed E-state index contributed by atoms with van der Waals surface area (Å²) in [6, 6.07) is 9.48. The molecule has 0 bridgehead atoms. The standard InChI is InChI=1S/C16H17F2NS/c1-3-19-10-12-4-6-14(8-11(12)2)20-16-9-13(17)5-7-15(16)18/h4-9,19H,3,10H2,1-2H3. The van der Waals surface area contributed by atoms with E-state index < -0.39 is 11.6 Å². The van der Waals surface area contributed by atoms with Crippen LogP contribution in [-0.4, -0.2) is 6.54 Å². The molecule has 0 fully saturated rings. The van der Waals surface area contributed by atoms with Gasteiger partial charge < -0.3 is 5.32 Å². The molecule has 0 aliphatic carbocycles. The fraction of sp³-hybridized carbons (Fsp3) is 0.250. The van der Waals surface area contributed by atoms with E-state index in [0.29, 0.717) is 4.90 Å². The number of hydrogen-bond acceptors (Lipinski definition) is 2. The molecule has 1 nitrogen and oxygen atoms in total. The summed E-state index contributed by atoms with van der Waals surface area (Å²) in [5, 5.41) is 3.27. The lowest BCUT2D eigenvalue weighted by molar-refractivity contribution is 0.577. The molecule has 2 rings (SSSR count). The van der Waals surface area contributed by atoms with Crippen molar-refractivity contribution < 1.29 is 8.78 Å². The van der Waals surface area contributed by atoms with E-state index in [0.717, 1.165) is 35.7 Å². The Bertz CT molecular complexity index is 599. The largest absolute Gasteiger partial charge is 0.313 e. The molecule has 0 saturated heterocycles. The zero-order chi connectivity index (χ0) is 14.5. The molecule has 2 aromatic carbocycles. The zero-order valence-corrected chi connectivity index (χ0v) is 12.4. The van der Waals surface area contributed by atoms with Crippen molar-refractivity contribution in [2.24, 2.45) is 0 Å². The monoisotopic (exact) mass is 293 g/mol. The molecule has 1 N–H and O–H groups in total. The predicted octanol–water partition coefficient (Wildman–Crippen LogP) is 4.53. The highest BCUT2D eigenvalue weighted by molar-refractivity contribution is 7.99. The summed E-state index contributed by atoms with van der Waals surface area (Å²) in [4.78, 5) is 1.22. The first-order valence-electron chi connectivity index (χ1n) is 6.53. The van der Waals surface area contributed by atoms with E-state index in [-0.39, 0.29) is 0 Å². The summed E-state index contributed by atoms with van der Waals surface area (Å²) in [5.41, 5.74) is 2.36. The Kier molecular flexibility index (Phi) is 5.15. The summed E-state index contributed by atoms with van der Waals surface area (Å²) in [5.74, 6) is -0.819. The molecule has 0 unspecified atom stereocenters. The maximum absolute atomic E-state index is 13.6. The second-order valence-corrected chi connectivity index (χ2v) is 5.66. The van der Waals surface area contributed by atoms with Crippen molar-refractivity contribution in [2.45, 2.75) is 30.2 Å². The Morgan fingerprint density at radius 3 is 2.60 bits per heavy atom. The van der Waals surface area contributed by atoms with Gasteiger partial charge in [0.25, 0.3) is 0 Å². The van der Waals surface area contributed by atoms with Gasteiger partial charge in [-0.05, 0) is 54.9 Å². The second-order valence-electron chi connectivity index (χ2n) is 4.55. The van der Waals surface area contributed by atoms with Crippen LogP contribution in [0.4, 0.5) is 8.78 Å². The van der Waals surface area contributed by atoms with Crippen LogP contribution in [0.3, 0.4) is 0 Å². The molecule has 0 radical (unpaired) electrons. The highest BCUT2D eigenvalue weighted by Gasteiger charge is 2.07. The van der Waals surface area contributed by atoms with Crippen LogP contribution in [0.5, 0.6) is 0 Å². The van der Waals surface area contributed by atoms with Crippen LogP contribution < -0.4 is 5.32 Å². The first-order valence-corrected chi connectivity index (χ1v) is 7.35. The molecule has 0 aromatic heterocycles. The minimum atomic E-state index is -0.422. The van der Waals surface area contributed by atoms with Crippen LogP contribution in [0.1, 0.15) is 18.1 Å². The molecule has 2 aromatic rings. The Hall–Kier alpha value is -1.39. The van der Waals surface area contributed by atoms with Gasteiger partial charge in [-0.15, -0.1) is 0 Å². The van der Waals surface area contributed by atoms with Crippen LogP contribution in [0.2, 0.25) is 0 Å². The fourth-order valence-electron chi connectivity index (χ4n) is 1.87. The molecule has 4 heteroatoms. The number of nitrogens with one attached hydrogen (secondary N) is 1. The zero-order valence-electron chi connectivity index (χ0n) is 11.5.